The van der Waals surface area contributed by atoms with Crippen LogP contribution in [0.4, 0.5) is 0 Å². The van der Waals surface area contributed by atoms with Crippen molar-refractivity contribution >= 4 is 5.91 Å². The second kappa shape index (κ2) is 4.32. The fourth-order valence-electron chi connectivity index (χ4n) is 2.06. The van der Waals surface area contributed by atoms with Gasteiger partial charge in [-0.1, -0.05) is 19.8 Å². The first-order valence-electron chi connectivity index (χ1n) is 4.94. The van der Waals surface area contributed by atoms with E-state index in [1.54, 1.807) is 6.92 Å². The Morgan fingerprint density at radius 2 is 2.31 bits per heavy atom. The number of likely N-dealkylation sites (tertiary alicyclic amines) is 1. The third kappa shape index (κ3) is 2.03. The van der Waals surface area contributed by atoms with E-state index in [2.05, 4.69) is 25.7 Å². The average molecular weight is 179 g/mol. The van der Waals surface area contributed by atoms with Crippen molar-refractivity contribution in [3.63, 3.8) is 0 Å². The van der Waals surface area contributed by atoms with Crippen LogP contribution >= 0.6 is 0 Å². The SMILES string of the molecule is CC#CC(=O)N1CCC(C)C1CC. The third-order valence-electron chi connectivity index (χ3n) is 2.79. The van der Waals surface area contributed by atoms with Crippen molar-refractivity contribution in [2.75, 3.05) is 6.54 Å². The molecule has 1 amide bonds. The highest BCUT2D eigenvalue weighted by Gasteiger charge is 2.31. The topological polar surface area (TPSA) is 20.3 Å². The summed E-state index contributed by atoms with van der Waals surface area (Å²) < 4.78 is 0. The lowest BCUT2D eigenvalue weighted by molar-refractivity contribution is -0.126. The molecule has 1 rings (SSSR count). The maximum Gasteiger partial charge on any atom is 0.298 e. The van der Waals surface area contributed by atoms with E-state index in [0.717, 1.165) is 19.4 Å². The van der Waals surface area contributed by atoms with Gasteiger partial charge in [0, 0.05) is 12.6 Å². The lowest BCUT2D eigenvalue weighted by atomic mass is 10.0. The lowest BCUT2D eigenvalue weighted by Gasteiger charge is -2.23. The highest BCUT2D eigenvalue weighted by atomic mass is 16.2. The Hall–Kier alpha value is -0.970. The molecule has 2 nitrogen and oxygen atoms in total. The van der Waals surface area contributed by atoms with Gasteiger partial charge in [0.05, 0.1) is 0 Å². The van der Waals surface area contributed by atoms with E-state index in [-0.39, 0.29) is 5.91 Å². The molecule has 2 unspecified atom stereocenters. The molecule has 1 saturated heterocycles. The van der Waals surface area contributed by atoms with Crippen LogP contribution in [0.2, 0.25) is 0 Å². The summed E-state index contributed by atoms with van der Waals surface area (Å²) in [5.74, 6) is 5.90. The van der Waals surface area contributed by atoms with E-state index in [1.807, 2.05) is 4.90 Å². The smallest absolute Gasteiger partial charge is 0.298 e. The van der Waals surface area contributed by atoms with Gasteiger partial charge in [-0.05, 0) is 31.6 Å². The first kappa shape index (κ1) is 10.1. The summed E-state index contributed by atoms with van der Waals surface area (Å²) in [5.41, 5.74) is 0. The molecule has 0 aromatic heterocycles. The molecule has 1 aliphatic heterocycles. The molecule has 0 aliphatic carbocycles. The second-order valence-electron chi connectivity index (χ2n) is 3.62. The zero-order valence-electron chi connectivity index (χ0n) is 8.63. The highest BCUT2D eigenvalue weighted by Crippen LogP contribution is 2.25. The molecule has 0 N–H and O–H groups in total. The standard InChI is InChI=1S/C11H17NO/c1-4-6-11(13)12-8-7-9(3)10(12)5-2/h9-10H,5,7-8H2,1-3H3. The highest BCUT2D eigenvalue weighted by molar-refractivity contribution is 5.93. The summed E-state index contributed by atoms with van der Waals surface area (Å²) >= 11 is 0. The van der Waals surface area contributed by atoms with Gasteiger partial charge in [-0.3, -0.25) is 4.79 Å². The van der Waals surface area contributed by atoms with Gasteiger partial charge < -0.3 is 4.90 Å². The number of carbonyl (C=O) groups is 1. The van der Waals surface area contributed by atoms with Gasteiger partial charge in [0.1, 0.15) is 0 Å². The first-order valence-corrected chi connectivity index (χ1v) is 4.94. The van der Waals surface area contributed by atoms with Crippen molar-refractivity contribution in [2.24, 2.45) is 5.92 Å². The second-order valence-corrected chi connectivity index (χ2v) is 3.62. The zero-order valence-corrected chi connectivity index (χ0v) is 8.63. The fourth-order valence-corrected chi connectivity index (χ4v) is 2.06. The van der Waals surface area contributed by atoms with Crippen LogP contribution < -0.4 is 0 Å². The van der Waals surface area contributed by atoms with E-state index in [1.165, 1.54) is 0 Å². The summed E-state index contributed by atoms with van der Waals surface area (Å²) in [7, 11) is 0. The van der Waals surface area contributed by atoms with Crippen LogP contribution in [0.25, 0.3) is 0 Å². The van der Waals surface area contributed by atoms with Crippen LogP contribution in [-0.4, -0.2) is 23.4 Å². The number of rotatable bonds is 1. The molecule has 1 heterocycles. The summed E-state index contributed by atoms with van der Waals surface area (Å²) in [6.45, 7) is 6.93. The quantitative estimate of drug-likeness (QED) is 0.560. The molecule has 0 bridgehead atoms. The van der Waals surface area contributed by atoms with Crippen molar-refractivity contribution in [1.82, 2.24) is 4.90 Å². The predicted molar refractivity (Wildman–Crippen MR) is 53.0 cm³/mol. The predicted octanol–water partition coefficient (Wildman–Crippen LogP) is 1.66. The molecule has 0 aromatic carbocycles. The molecule has 2 atom stereocenters. The fraction of sp³-hybridized carbons (Fsp3) is 0.727. The van der Waals surface area contributed by atoms with E-state index in [0.29, 0.717) is 12.0 Å². The van der Waals surface area contributed by atoms with Gasteiger partial charge >= 0.3 is 0 Å². The number of carbonyl (C=O) groups excluding carboxylic acids is 1. The van der Waals surface area contributed by atoms with Crippen LogP contribution in [0.3, 0.4) is 0 Å². The Labute approximate surface area is 80.3 Å². The van der Waals surface area contributed by atoms with Gasteiger partial charge in [-0.25, -0.2) is 0 Å². The normalized spacial score (nSPS) is 26.8. The van der Waals surface area contributed by atoms with E-state index in [9.17, 15) is 4.79 Å². The maximum atomic E-state index is 11.5. The molecule has 0 spiro atoms. The largest absolute Gasteiger partial charge is 0.329 e. The molecule has 72 valence electrons. The minimum absolute atomic E-state index is 0.00120. The number of hydrogen-bond donors (Lipinski definition) is 0. The molecule has 1 aliphatic rings. The molecule has 2 heteroatoms. The van der Waals surface area contributed by atoms with Crippen molar-refractivity contribution in [3.05, 3.63) is 0 Å². The van der Waals surface area contributed by atoms with Gasteiger partial charge in [-0.15, -0.1) is 0 Å². The van der Waals surface area contributed by atoms with Gasteiger partial charge in [0.25, 0.3) is 5.91 Å². The van der Waals surface area contributed by atoms with Crippen LogP contribution in [0.5, 0.6) is 0 Å². The van der Waals surface area contributed by atoms with E-state index < -0.39 is 0 Å². The number of hydrogen-bond acceptors (Lipinski definition) is 1. The molecule has 0 saturated carbocycles. The Morgan fingerprint density at radius 1 is 1.62 bits per heavy atom. The molecule has 0 aromatic rings. The van der Waals surface area contributed by atoms with Crippen LogP contribution in [-0.2, 0) is 4.79 Å². The summed E-state index contributed by atoms with van der Waals surface area (Å²) in [5, 5.41) is 0. The van der Waals surface area contributed by atoms with E-state index in [4.69, 9.17) is 0 Å². The Bertz CT molecular complexity index is 249. The molecule has 0 radical (unpaired) electrons. The van der Waals surface area contributed by atoms with Crippen molar-refractivity contribution in [1.29, 1.82) is 0 Å². The average Bonchev–Trinajstić information content (AvgIpc) is 2.47. The minimum atomic E-state index is -0.00120. The number of nitrogens with zero attached hydrogens (tertiary/aromatic N) is 1. The molecular formula is C11H17NO. The molecule has 13 heavy (non-hydrogen) atoms. The van der Waals surface area contributed by atoms with Gasteiger partial charge in [0.15, 0.2) is 0 Å². The summed E-state index contributed by atoms with van der Waals surface area (Å²) in [6, 6.07) is 0.411. The lowest BCUT2D eigenvalue weighted by Crippen LogP contribution is -2.36. The molecule has 1 fully saturated rings. The van der Waals surface area contributed by atoms with Gasteiger partial charge in [0.2, 0.25) is 0 Å². The monoisotopic (exact) mass is 179 g/mol. The zero-order chi connectivity index (χ0) is 9.84. The third-order valence-corrected chi connectivity index (χ3v) is 2.79. The Balaban J connectivity index is 2.68. The Kier molecular flexibility index (Phi) is 3.36. The van der Waals surface area contributed by atoms with Crippen molar-refractivity contribution < 1.29 is 4.79 Å². The molecular weight excluding hydrogens is 162 g/mol. The summed E-state index contributed by atoms with van der Waals surface area (Å²) in [4.78, 5) is 13.4. The van der Waals surface area contributed by atoms with Crippen molar-refractivity contribution in [2.45, 2.75) is 39.7 Å². The number of amides is 1. The maximum absolute atomic E-state index is 11.5. The van der Waals surface area contributed by atoms with Crippen LogP contribution in [0, 0.1) is 17.8 Å². The van der Waals surface area contributed by atoms with Gasteiger partial charge in [-0.2, -0.15) is 0 Å². The van der Waals surface area contributed by atoms with Crippen molar-refractivity contribution in [3.8, 4) is 11.8 Å². The Morgan fingerprint density at radius 3 is 2.85 bits per heavy atom. The van der Waals surface area contributed by atoms with Crippen LogP contribution in [0.1, 0.15) is 33.6 Å². The van der Waals surface area contributed by atoms with E-state index >= 15 is 0 Å². The minimum Gasteiger partial charge on any atom is -0.329 e. The van der Waals surface area contributed by atoms with Crippen LogP contribution in [0.15, 0.2) is 0 Å². The summed E-state index contributed by atoms with van der Waals surface area (Å²) in [6.07, 6.45) is 2.16. The first-order chi connectivity index (χ1) is 6.20.